The number of carbonyl (C=O) groups excluding carboxylic acids is 2. The zero-order valence-corrected chi connectivity index (χ0v) is 12.2. The Labute approximate surface area is 123 Å². The van der Waals surface area contributed by atoms with Gasteiger partial charge in [-0.3, -0.25) is 9.59 Å². The molecule has 2 amide bonds. The summed E-state index contributed by atoms with van der Waals surface area (Å²) in [6.07, 6.45) is 3.42. The maximum Gasteiger partial charge on any atom is 0.253 e. The Balaban J connectivity index is 2.02. The van der Waals surface area contributed by atoms with Gasteiger partial charge >= 0.3 is 0 Å². The minimum atomic E-state index is -0.690. The lowest BCUT2D eigenvalue weighted by atomic mass is 9.92. The highest BCUT2D eigenvalue weighted by atomic mass is 35.5. The van der Waals surface area contributed by atoms with Crippen molar-refractivity contribution in [2.75, 3.05) is 11.4 Å². The average molecular weight is 293 g/mol. The van der Waals surface area contributed by atoms with Crippen molar-refractivity contribution in [2.24, 2.45) is 0 Å². The Morgan fingerprint density at radius 1 is 1.25 bits per heavy atom. The molecule has 1 spiro atoms. The van der Waals surface area contributed by atoms with E-state index < -0.39 is 5.54 Å². The highest BCUT2D eigenvalue weighted by molar-refractivity contribution is 6.31. The molecule has 2 fully saturated rings. The maximum atomic E-state index is 12.8. The summed E-state index contributed by atoms with van der Waals surface area (Å²) in [6.45, 7) is 1.94. The van der Waals surface area contributed by atoms with E-state index in [9.17, 15) is 9.59 Å². The van der Waals surface area contributed by atoms with Crippen molar-refractivity contribution in [3.63, 3.8) is 0 Å². The Bertz CT molecular complexity index is 579. The quantitative estimate of drug-likeness (QED) is 0.864. The fourth-order valence-electron chi connectivity index (χ4n) is 3.23. The third-order valence-corrected chi connectivity index (χ3v) is 4.73. The van der Waals surface area contributed by atoms with Crippen molar-refractivity contribution >= 4 is 29.1 Å². The monoisotopic (exact) mass is 292 g/mol. The molecule has 1 aliphatic carbocycles. The fourth-order valence-corrected chi connectivity index (χ4v) is 3.40. The van der Waals surface area contributed by atoms with Crippen LogP contribution in [0.4, 0.5) is 5.69 Å². The second-order valence-electron chi connectivity index (χ2n) is 5.61. The largest absolute Gasteiger partial charge is 0.340 e. The second kappa shape index (κ2) is 4.77. The van der Waals surface area contributed by atoms with Crippen LogP contribution < -0.4 is 10.2 Å². The van der Waals surface area contributed by atoms with Crippen LogP contribution in [0, 0.1) is 6.92 Å². The van der Waals surface area contributed by atoms with Crippen molar-refractivity contribution < 1.29 is 9.59 Å². The molecular weight excluding hydrogens is 276 g/mol. The highest BCUT2D eigenvalue weighted by Gasteiger charge is 2.48. The van der Waals surface area contributed by atoms with E-state index in [0.717, 1.165) is 36.9 Å². The van der Waals surface area contributed by atoms with E-state index in [4.69, 9.17) is 11.6 Å². The molecule has 1 aromatic carbocycles. The first-order chi connectivity index (χ1) is 9.53. The highest BCUT2D eigenvalue weighted by Crippen LogP contribution is 2.36. The first-order valence-electron chi connectivity index (χ1n) is 6.92. The van der Waals surface area contributed by atoms with E-state index in [1.54, 1.807) is 11.0 Å². The predicted molar refractivity (Wildman–Crippen MR) is 77.9 cm³/mol. The number of amides is 2. The number of benzene rings is 1. The molecule has 1 saturated carbocycles. The molecule has 1 saturated heterocycles. The van der Waals surface area contributed by atoms with E-state index >= 15 is 0 Å². The molecular formula is C15H17ClN2O2. The number of piperazine rings is 1. The molecule has 0 bridgehead atoms. The summed E-state index contributed by atoms with van der Waals surface area (Å²) >= 11 is 6.13. The second-order valence-corrected chi connectivity index (χ2v) is 6.02. The van der Waals surface area contributed by atoms with Crippen LogP contribution in [0.3, 0.4) is 0 Å². The number of anilines is 1. The third-order valence-electron chi connectivity index (χ3n) is 4.32. The number of hydrogen-bond acceptors (Lipinski definition) is 2. The van der Waals surface area contributed by atoms with E-state index in [2.05, 4.69) is 5.32 Å². The van der Waals surface area contributed by atoms with Gasteiger partial charge in [-0.15, -0.1) is 0 Å². The molecule has 20 heavy (non-hydrogen) atoms. The summed E-state index contributed by atoms with van der Waals surface area (Å²) in [5, 5.41) is 3.52. The number of halogens is 1. The SMILES string of the molecule is Cc1c(Cl)cccc1N1CC(=O)NC2(CCCC2)C1=O. The zero-order valence-electron chi connectivity index (χ0n) is 11.4. The van der Waals surface area contributed by atoms with Crippen LogP contribution in [0.1, 0.15) is 31.2 Å². The number of carbonyl (C=O) groups is 2. The van der Waals surface area contributed by atoms with Crippen LogP contribution in [0.5, 0.6) is 0 Å². The van der Waals surface area contributed by atoms with Gasteiger partial charge in [0.05, 0.1) is 0 Å². The average Bonchev–Trinajstić information content (AvgIpc) is 2.87. The van der Waals surface area contributed by atoms with Crippen LogP contribution in [-0.4, -0.2) is 23.9 Å². The number of rotatable bonds is 1. The first-order valence-corrected chi connectivity index (χ1v) is 7.29. The van der Waals surface area contributed by atoms with E-state index in [1.165, 1.54) is 0 Å². The topological polar surface area (TPSA) is 49.4 Å². The maximum absolute atomic E-state index is 12.8. The predicted octanol–water partition coefficient (Wildman–Crippen LogP) is 2.42. The molecule has 0 aromatic heterocycles. The van der Waals surface area contributed by atoms with Crippen LogP contribution in [0.2, 0.25) is 5.02 Å². The molecule has 3 rings (SSSR count). The standard InChI is InChI=1S/C15H17ClN2O2/c1-10-11(16)5-4-6-12(10)18-9-13(19)17-15(14(18)20)7-2-3-8-15/h4-6H,2-3,7-9H2,1H3,(H,17,19). The number of nitrogens with zero attached hydrogens (tertiary/aromatic N) is 1. The van der Waals surface area contributed by atoms with E-state index in [0.29, 0.717) is 5.02 Å². The molecule has 0 unspecified atom stereocenters. The van der Waals surface area contributed by atoms with Crippen LogP contribution in [0.15, 0.2) is 18.2 Å². The molecule has 2 aliphatic rings. The molecule has 0 radical (unpaired) electrons. The van der Waals surface area contributed by atoms with Gasteiger partial charge in [0, 0.05) is 10.7 Å². The summed E-state index contributed by atoms with van der Waals surface area (Å²) < 4.78 is 0. The fraction of sp³-hybridized carbons (Fsp3) is 0.467. The minimum absolute atomic E-state index is 0.0000309. The first kappa shape index (κ1) is 13.4. The van der Waals surface area contributed by atoms with Crippen molar-refractivity contribution in [1.29, 1.82) is 0 Å². The van der Waals surface area contributed by atoms with Gasteiger partial charge in [-0.2, -0.15) is 0 Å². The van der Waals surface area contributed by atoms with Gasteiger partial charge in [0.1, 0.15) is 12.1 Å². The Morgan fingerprint density at radius 2 is 1.95 bits per heavy atom. The van der Waals surface area contributed by atoms with Gasteiger partial charge in [-0.25, -0.2) is 0 Å². The molecule has 0 atom stereocenters. The molecule has 4 nitrogen and oxygen atoms in total. The summed E-state index contributed by atoms with van der Waals surface area (Å²) in [5.74, 6) is -0.0918. The Morgan fingerprint density at radius 3 is 2.65 bits per heavy atom. The molecule has 5 heteroatoms. The van der Waals surface area contributed by atoms with Crippen LogP contribution in [-0.2, 0) is 9.59 Å². The van der Waals surface area contributed by atoms with Gasteiger partial charge in [-0.05, 0) is 37.5 Å². The zero-order chi connectivity index (χ0) is 14.3. The summed E-state index contributed by atoms with van der Waals surface area (Å²) in [4.78, 5) is 26.4. The molecule has 106 valence electrons. The molecule has 1 N–H and O–H groups in total. The summed E-state index contributed by atoms with van der Waals surface area (Å²) in [7, 11) is 0. The lowest BCUT2D eigenvalue weighted by Gasteiger charge is -2.40. The van der Waals surface area contributed by atoms with Crippen LogP contribution >= 0.6 is 11.6 Å². The Hall–Kier alpha value is -1.55. The van der Waals surface area contributed by atoms with Crippen molar-refractivity contribution in [2.45, 2.75) is 38.1 Å². The summed E-state index contributed by atoms with van der Waals surface area (Å²) in [5.41, 5.74) is 0.887. The van der Waals surface area contributed by atoms with Gasteiger partial charge in [0.15, 0.2) is 0 Å². The molecule has 1 heterocycles. The van der Waals surface area contributed by atoms with Gasteiger partial charge < -0.3 is 10.2 Å². The van der Waals surface area contributed by atoms with Gasteiger partial charge in [0.25, 0.3) is 5.91 Å². The normalized spacial score (nSPS) is 21.4. The van der Waals surface area contributed by atoms with Crippen molar-refractivity contribution in [3.05, 3.63) is 28.8 Å². The van der Waals surface area contributed by atoms with Gasteiger partial charge in [-0.1, -0.05) is 30.5 Å². The smallest absolute Gasteiger partial charge is 0.253 e. The van der Waals surface area contributed by atoms with Crippen LogP contribution in [0.25, 0.3) is 0 Å². The van der Waals surface area contributed by atoms with Crippen molar-refractivity contribution in [1.82, 2.24) is 5.32 Å². The lowest BCUT2D eigenvalue weighted by Crippen LogP contribution is -2.65. The molecule has 1 aliphatic heterocycles. The lowest BCUT2D eigenvalue weighted by molar-refractivity contribution is -0.135. The third kappa shape index (κ3) is 1.99. The number of nitrogens with one attached hydrogen (secondary N) is 1. The minimum Gasteiger partial charge on any atom is -0.340 e. The van der Waals surface area contributed by atoms with E-state index in [1.807, 2.05) is 19.1 Å². The van der Waals surface area contributed by atoms with Gasteiger partial charge in [0.2, 0.25) is 5.91 Å². The number of hydrogen-bond donors (Lipinski definition) is 1. The molecule has 1 aromatic rings. The van der Waals surface area contributed by atoms with E-state index in [-0.39, 0.29) is 18.4 Å². The summed E-state index contributed by atoms with van der Waals surface area (Å²) in [6, 6.07) is 5.45. The Kier molecular flexibility index (Phi) is 3.21. The van der Waals surface area contributed by atoms with Crippen molar-refractivity contribution in [3.8, 4) is 0 Å².